The maximum absolute atomic E-state index is 11.6. The topological polar surface area (TPSA) is 48.0 Å². The highest BCUT2D eigenvalue weighted by Crippen LogP contribution is 2.19. The molecule has 1 aromatic carbocycles. The first kappa shape index (κ1) is 14.8. The largest absolute Gasteiger partial charge is 0.490 e. The zero-order valence-corrected chi connectivity index (χ0v) is 12.0. The maximum Gasteiger partial charge on any atom is 0.219 e. The minimum atomic E-state index is -0.627. The SMILES string of the molecule is COC1(COc2ccccc2)COCCN(C(C)=O)C1. The lowest BCUT2D eigenvalue weighted by atomic mass is 10.1. The molecule has 110 valence electrons. The van der Waals surface area contributed by atoms with Crippen molar-refractivity contribution in [2.75, 3.05) is 40.0 Å². The van der Waals surface area contributed by atoms with E-state index >= 15 is 0 Å². The molecule has 0 saturated carbocycles. The number of methoxy groups -OCH3 is 1. The van der Waals surface area contributed by atoms with Gasteiger partial charge in [-0.25, -0.2) is 0 Å². The average Bonchev–Trinajstić information content (AvgIpc) is 2.70. The summed E-state index contributed by atoms with van der Waals surface area (Å²) >= 11 is 0. The lowest BCUT2D eigenvalue weighted by Gasteiger charge is -2.33. The van der Waals surface area contributed by atoms with Crippen LogP contribution < -0.4 is 4.74 Å². The molecule has 20 heavy (non-hydrogen) atoms. The smallest absolute Gasteiger partial charge is 0.219 e. The minimum Gasteiger partial charge on any atom is -0.490 e. The Kier molecular flexibility index (Phi) is 4.98. The molecular formula is C15H21NO4. The van der Waals surface area contributed by atoms with Gasteiger partial charge in [0.25, 0.3) is 0 Å². The molecule has 1 heterocycles. The highest BCUT2D eigenvalue weighted by Gasteiger charge is 2.36. The van der Waals surface area contributed by atoms with Gasteiger partial charge in [-0.1, -0.05) is 18.2 Å². The van der Waals surface area contributed by atoms with Gasteiger partial charge in [-0.2, -0.15) is 0 Å². The van der Waals surface area contributed by atoms with Crippen molar-refractivity contribution in [2.24, 2.45) is 0 Å². The summed E-state index contributed by atoms with van der Waals surface area (Å²) in [7, 11) is 1.63. The van der Waals surface area contributed by atoms with Gasteiger partial charge in [0.05, 0.1) is 19.8 Å². The van der Waals surface area contributed by atoms with Crippen molar-refractivity contribution in [1.82, 2.24) is 4.90 Å². The number of nitrogens with zero attached hydrogens (tertiary/aromatic N) is 1. The number of carbonyl (C=O) groups excluding carboxylic acids is 1. The van der Waals surface area contributed by atoms with Gasteiger partial charge in [0.15, 0.2) is 0 Å². The number of amides is 1. The summed E-state index contributed by atoms with van der Waals surface area (Å²) in [6.07, 6.45) is 0. The lowest BCUT2D eigenvalue weighted by Crippen LogP contribution is -2.51. The summed E-state index contributed by atoms with van der Waals surface area (Å²) in [5.41, 5.74) is -0.627. The molecule has 1 saturated heterocycles. The first-order valence-corrected chi connectivity index (χ1v) is 6.71. The third-order valence-corrected chi connectivity index (χ3v) is 3.47. The highest BCUT2D eigenvalue weighted by atomic mass is 16.6. The fraction of sp³-hybridized carbons (Fsp3) is 0.533. The summed E-state index contributed by atoms with van der Waals surface area (Å²) in [6, 6.07) is 9.55. The zero-order chi connectivity index (χ0) is 14.4. The molecule has 0 spiro atoms. The minimum absolute atomic E-state index is 0.0247. The van der Waals surface area contributed by atoms with Crippen molar-refractivity contribution >= 4 is 5.91 Å². The molecule has 5 heteroatoms. The Balaban J connectivity index is 2.04. The first-order valence-electron chi connectivity index (χ1n) is 6.71. The Labute approximate surface area is 119 Å². The van der Waals surface area contributed by atoms with Crippen molar-refractivity contribution in [3.63, 3.8) is 0 Å². The second-order valence-corrected chi connectivity index (χ2v) is 4.98. The Morgan fingerprint density at radius 3 is 2.80 bits per heavy atom. The van der Waals surface area contributed by atoms with Crippen LogP contribution in [0.1, 0.15) is 6.92 Å². The summed E-state index contributed by atoms with van der Waals surface area (Å²) in [4.78, 5) is 13.3. The number of benzene rings is 1. The number of para-hydroxylation sites is 1. The van der Waals surface area contributed by atoms with E-state index in [9.17, 15) is 4.79 Å². The third kappa shape index (κ3) is 3.71. The van der Waals surface area contributed by atoms with Gasteiger partial charge in [0.1, 0.15) is 18.0 Å². The molecule has 0 bridgehead atoms. The van der Waals surface area contributed by atoms with Crippen LogP contribution in [0.5, 0.6) is 5.75 Å². The van der Waals surface area contributed by atoms with Gasteiger partial charge >= 0.3 is 0 Å². The van der Waals surface area contributed by atoms with Crippen LogP contribution in [0, 0.1) is 0 Å². The molecule has 0 aliphatic carbocycles. The van der Waals surface area contributed by atoms with Crippen LogP contribution in [0.4, 0.5) is 0 Å². The number of rotatable bonds is 4. The Morgan fingerprint density at radius 2 is 2.15 bits per heavy atom. The van der Waals surface area contributed by atoms with Crippen LogP contribution in [-0.4, -0.2) is 56.4 Å². The van der Waals surface area contributed by atoms with Gasteiger partial charge in [0.2, 0.25) is 5.91 Å². The van der Waals surface area contributed by atoms with E-state index in [0.29, 0.717) is 32.9 Å². The van der Waals surface area contributed by atoms with Gasteiger partial charge in [-0.05, 0) is 12.1 Å². The molecule has 2 rings (SSSR count). The van der Waals surface area contributed by atoms with E-state index in [0.717, 1.165) is 5.75 Å². The molecule has 1 aliphatic heterocycles. The molecule has 1 unspecified atom stereocenters. The van der Waals surface area contributed by atoms with Crippen molar-refractivity contribution in [3.8, 4) is 5.75 Å². The molecule has 1 atom stereocenters. The molecule has 5 nitrogen and oxygen atoms in total. The second-order valence-electron chi connectivity index (χ2n) is 4.98. The Hall–Kier alpha value is -1.59. The highest BCUT2D eigenvalue weighted by molar-refractivity contribution is 5.73. The van der Waals surface area contributed by atoms with E-state index in [1.807, 2.05) is 30.3 Å². The van der Waals surface area contributed by atoms with Gasteiger partial charge in [-0.3, -0.25) is 4.79 Å². The van der Waals surface area contributed by atoms with E-state index in [1.54, 1.807) is 18.9 Å². The third-order valence-electron chi connectivity index (χ3n) is 3.47. The van der Waals surface area contributed by atoms with Crippen molar-refractivity contribution in [3.05, 3.63) is 30.3 Å². The van der Waals surface area contributed by atoms with Crippen LogP contribution in [0.2, 0.25) is 0 Å². The van der Waals surface area contributed by atoms with E-state index in [2.05, 4.69) is 0 Å². The molecule has 1 aromatic rings. The summed E-state index contributed by atoms with van der Waals surface area (Å²) in [5.74, 6) is 0.805. The van der Waals surface area contributed by atoms with Gasteiger partial charge in [0, 0.05) is 20.6 Å². The maximum atomic E-state index is 11.6. The average molecular weight is 279 g/mol. The standard InChI is InChI=1S/C15H21NO4/c1-13(17)16-8-9-19-11-15(10-16,18-2)12-20-14-6-4-3-5-7-14/h3-7H,8-12H2,1-2H3. The van der Waals surface area contributed by atoms with Crippen LogP contribution >= 0.6 is 0 Å². The van der Waals surface area contributed by atoms with E-state index in [4.69, 9.17) is 14.2 Å². The quantitative estimate of drug-likeness (QED) is 0.834. The molecule has 1 fully saturated rings. The normalized spacial score (nSPS) is 23.2. The molecular weight excluding hydrogens is 258 g/mol. The summed E-state index contributed by atoms with van der Waals surface area (Å²) < 4.78 is 17.0. The molecule has 0 aromatic heterocycles. The molecule has 1 aliphatic rings. The predicted octanol–water partition coefficient (Wildman–Crippen LogP) is 1.33. The van der Waals surface area contributed by atoms with Crippen LogP contribution in [-0.2, 0) is 14.3 Å². The van der Waals surface area contributed by atoms with E-state index in [1.165, 1.54) is 0 Å². The van der Waals surface area contributed by atoms with Gasteiger partial charge < -0.3 is 19.1 Å². The van der Waals surface area contributed by atoms with Crippen molar-refractivity contribution in [1.29, 1.82) is 0 Å². The molecule has 0 radical (unpaired) electrons. The van der Waals surface area contributed by atoms with Crippen LogP contribution in [0.3, 0.4) is 0 Å². The Bertz CT molecular complexity index is 437. The van der Waals surface area contributed by atoms with E-state index < -0.39 is 5.60 Å². The summed E-state index contributed by atoms with van der Waals surface area (Å²) in [5, 5.41) is 0. The van der Waals surface area contributed by atoms with Crippen LogP contribution in [0.15, 0.2) is 30.3 Å². The fourth-order valence-corrected chi connectivity index (χ4v) is 2.18. The van der Waals surface area contributed by atoms with Crippen molar-refractivity contribution < 1.29 is 19.0 Å². The van der Waals surface area contributed by atoms with Crippen LogP contribution in [0.25, 0.3) is 0 Å². The zero-order valence-electron chi connectivity index (χ0n) is 12.0. The number of hydrogen-bond donors (Lipinski definition) is 0. The predicted molar refractivity (Wildman–Crippen MR) is 74.8 cm³/mol. The fourth-order valence-electron chi connectivity index (χ4n) is 2.18. The first-order chi connectivity index (χ1) is 9.65. The number of carbonyl (C=O) groups is 1. The van der Waals surface area contributed by atoms with E-state index in [-0.39, 0.29) is 5.91 Å². The lowest BCUT2D eigenvalue weighted by molar-refractivity contribution is -0.134. The molecule has 1 amide bonds. The second kappa shape index (κ2) is 6.72. The van der Waals surface area contributed by atoms with Crippen molar-refractivity contribution in [2.45, 2.75) is 12.5 Å². The Morgan fingerprint density at radius 1 is 1.40 bits per heavy atom. The number of ether oxygens (including phenoxy) is 3. The number of hydrogen-bond acceptors (Lipinski definition) is 4. The summed E-state index contributed by atoms with van der Waals surface area (Å²) in [6.45, 7) is 3.91. The monoisotopic (exact) mass is 279 g/mol. The molecule has 0 N–H and O–H groups in total. The van der Waals surface area contributed by atoms with Gasteiger partial charge in [-0.15, -0.1) is 0 Å².